The predicted octanol–water partition coefficient (Wildman–Crippen LogP) is 8.88. The molecule has 11 heteroatoms. The monoisotopic (exact) mass is 615 g/mol. The van der Waals surface area contributed by atoms with Gasteiger partial charge in [-0.3, -0.25) is 9.69 Å². The van der Waals surface area contributed by atoms with E-state index in [-0.39, 0.29) is 28.0 Å². The van der Waals surface area contributed by atoms with Crippen molar-refractivity contribution >= 4 is 64.1 Å². The van der Waals surface area contributed by atoms with Crippen molar-refractivity contribution in [3.63, 3.8) is 0 Å². The summed E-state index contributed by atoms with van der Waals surface area (Å²) in [5, 5.41) is 5.03. The Kier molecular flexibility index (Phi) is 8.72. The van der Waals surface area contributed by atoms with Crippen LogP contribution in [0.15, 0.2) is 101 Å². The van der Waals surface area contributed by atoms with Crippen LogP contribution < -0.4 is 15.5 Å². The largest absolute Gasteiger partial charge is 0.416 e. The third-order valence-electron chi connectivity index (χ3n) is 6.54. The Morgan fingerprint density at radius 3 is 2.59 bits per heavy atom. The van der Waals surface area contributed by atoms with Crippen LogP contribution in [0.5, 0.6) is 0 Å². The molecule has 0 saturated carbocycles. The number of carbonyl (C=O) groups excluding carboxylic acids is 2. The first-order valence-corrected chi connectivity index (χ1v) is 14.9. The number of carbonyl (C=O) groups is 2. The SMILES string of the molecule is CCC(Sc1cccc(NC(=O)N2c3ccccc3SC3C=CC=CC32)c1)C(=O)Nc1cc(C(F)(F)F)ccc1Cl. The van der Waals surface area contributed by atoms with Gasteiger partial charge in [-0.25, -0.2) is 4.79 Å². The first kappa shape index (κ1) is 29.2. The molecule has 3 atom stereocenters. The fourth-order valence-corrected chi connectivity index (χ4v) is 6.99. The molecular weight excluding hydrogens is 591 g/mol. The standard InChI is InChI=1S/C30H25ClF3N3O2S2/c1-2-25(28(38)36-22-16-18(30(32,33)34)14-15-21(22)31)40-20-9-7-8-19(17-20)35-29(39)37-23-10-3-5-12-26(23)41-27-13-6-4-11-24(27)37/h3-17,23,25-26H,2H2,1H3,(H,35,39)(H,36,38). The second-order valence-corrected chi connectivity index (χ2v) is 12.2. The van der Waals surface area contributed by atoms with E-state index in [1.807, 2.05) is 55.5 Å². The zero-order valence-electron chi connectivity index (χ0n) is 21.7. The molecule has 3 aromatic carbocycles. The lowest BCUT2D eigenvalue weighted by atomic mass is 10.1. The van der Waals surface area contributed by atoms with E-state index in [9.17, 15) is 22.8 Å². The smallest absolute Gasteiger partial charge is 0.324 e. The van der Waals surface area contributed by atoms with Gasteiger partial charge in [-0.05, 0) is 55.0 Å². The van der Waals surface area contributed by atoms with Gasteiger partial charge >= 0.3 is 12.2 Å². The lowest BCUT2D eigenvalue weighted by molar-refractivity contribution is -0.137. The maximum absolute atomic E-state index is 13.6. The van der Waals surface area contributed by atoms with E-state index in [0.717, 1.165) is 28.8 Å². The van der Waals surface area contributed by atoms with Gasteiger partial charge in [-0.2, -0.15) is 13.2 Å². The predicted molar refractivity (Wildman–Crippen MR) is 161 cm³/mol. The minimum Gasteiger partial charge on any atom is -0.324 e. The van der Waals surface area contributed by atoms with Crippen LogP contribution in [0.25, 0.3) is 0 Å². The third kappa shape index (κ3) is 6.60. The molecule has 1 aliphatic heterocycles. The molecule has 212 valence electrons. The van der Waals surface area contributed by atoms with E-state index >= 15 is 0 Å². The second kappa shape index (κ2) is 12.3. The Morgan fingerprint density at radius 2 is 1.80 bits per heavy atom. The van der Waals surface area contributed by atoms with Crippen molar-refractivity contribution in [3.05, 3.63) is 102 Å². The first-order valence-electron chi connectivity index (χ1n) is 12.8. The van der Waals surface area contributed by atoms with E-state index in [4.69, 9.17) is 11.6 Å². The summed E-state index contributed by atoms with van der Waals surface area (Å²) in [5.74, 6) is -0.473. The van der Waals surface area contributed by atoms with Crippen LogP contribution in [-0.2, 0) is 11.0 Å². The number of halogens is 4. The van der Waals surface area contributed by atoms with Crippen LogP contribution in [-0.4, -0.2) is 28.5 Å². The fourth-order valence-electron chi connectivity index (χ4n) is 4.55. The van der Waals surface area contributed by atoms with E-state index in [0.29, 0.717) is 17.0 Å². The van der Waals surface area contributed by atoms with Crippen LogP contribution in [0.3, 0.4) is 0 Å². The Labute approximate surface area is 249 Å². The van der Waals surface area contributed by atoms with Gasteiger partial charge < -0.3 is 10.6 Å². The second-order valence-electron chi connectivity index (χ2n) is 9.33. The summed E-state index contributed by atoms with van der Waals surface area (Å²) in [5.41, 5.74) is 0.384. The number of fused-ring (bicyclic) bond motifs is 2. The average Bonchev–Trinajstić information content (AvgIpc) is 2.95. The van der Waals surface area contributed by atoms with Crippen LogP contribution in [0.1, 0.15) is 18.9 Å². The van der Waals surface area contributed by atoms with Crippen molar-refractivity contribution in [2.24, 2.45) is 0 Å². The van der Waals surface area contributed by atoms with E-state index < -0.39 is 22.9 Å². The van der Waals surface area contributed by atoms with Gasteiger partial charge in [0.25, 0.3) is 0 Å². The summed E-state index contributed by atoms with van der Waals surface area (Å²) >= 11 is 9.03. The highest BCUT2D eigenvalue weighted by Crippen LogP contribution is 2.44. The molecule has 0 bridgehead atoms. The van der Waals surface area contributed by atoms with Crippen molar-refractivity contribution in [2.45, 2.75) is 45.9 Å². The first-order chi connectivity index (χ1) is 19.6. The van der Waals surface area contributed by atoms with Gasteiger partial charge in [-0.15, -0.1) is 23.5 Å². The molecule has 3 aromatic rings. The number of benzene rings is 3. The number of nitrogens with one attached hydrogen (secondary N) is 2. The topological polar surface area (TPSA) is 61.4 Å². The number of hydrogen-bond acceptors (Lipinski definition) is 4. The van der Waals surface area contributed by atoms with Crippen LogP contribution in [0, 0.1) is 0 Å². The summed E-state index contributed by atoms with van der Waals surface area (Å²) < 4.78 is 39.5. The van der Waals surface area contributed by atoms with Crippen molar-refractivity contribution in [1.29, 1.82) is 0 Å². The average molecular weight is 616 g/mol. The number of nitrogens with zero attached hydrogens (tertiary/aromatic N) is 1. The highest BCUT2D eigenvalue weighted by Gasteiger charge is 2.37. The Bertz CT molecular complexity index is 1530. The summed E-state index contributed by atoms with van der Waals surface area (Å²) in [6.07, 6.45) is 3.88. The quantitative estimate of drug-likeness (QED) is 0.272. The van der Waals surface area contributed by atoms with Gasteiger partial charge in [0.2, 0.25) is 5.91 Å². The summed E-state index contributed by atoms with van der Waals surface area (Å²) in [6.45, 7) is 1.81. The van der Waals surface area contributed by atoms with E-state index in [1.165, 1.54) is 11.8 Å². The Hall–Kier alpha value is -3.34. The number of hydrogen-bond donors (Lipinski definition) is 2. The molecule has 0 aromatic heterocycles. The molecule has 3 amide bonds. The van der Waals surface area contributed by atoms with Crippen molar-refractivity contribution < 1.29 is 22.8 Å². The lowest BCUT2D eigenvalue weighted by Gasteiger charge is -2.40. The molecule has 1 heterocycles. The molecule has 0 fully saturated rings. The summed E-state index contributed by atoms with van der Waals surface area (Å²) in [7, 11) is 0. The number of amides is 3. The van der Waals surface area contributed by atoms with Crippen molar-refractivity contribution in [2.75, 3.05) is 15.5 Å². The van der Waals surface area contributed by atoms with Gasteiger partial charge in [0.1, 0.15) is 0 Å². The van der Waals surface area contributed by atoms with Gasteiger partial charge in [-0.1, -0.05) is 61.0 Å². The molecular formula is C30H25ClF3N3O2S2. The number of alkyl halides is 3. The highest BCUT2D eigenvalue weighted by atomic mass is 35.5. The lowest BCUT2D eigenvalue weighted by Crippen LogP contribution is -2.49. The number of para-hydroxylation sites is 1. The molecule has 2 N–H and O–H groups in total. The van der Waals surface area contributed by atoms with Gasteiger partial charge in [0, 0.05) is 15.5 Å². The van der Waals surface area contributed by atoms with Gasteiger partial charge in [0.05, 0.1) is 38.5 Å². The summed E-state index contributed by atoms with van der Waals surface area (Å²) in [6, 6.07) is 17.3. The van der Waals surface area contributed by atoms with Crippen molar-refractivity contribution in [3.8, 4) is 0 Å². The van der Waals surface area contributed by atoms with Crippen LogP contribution in [0.2, 0.25) is 5.02 Å². The fraction of sp³-hybridized carbons (Fsp3) is 0.200. The number of anilines is 3. The molecule has 1 aliphatic carbocycles. The zero-order chi connectivity index (χ0) is 29.1. The number of rotatable bonds is 6. The number of thioether (sulfide) groups is 2. The molecule has 41 heavy (non-hydrogen) atoms. The molecule has 0 radical (unpaired) electrons. The maximum Gasteiger partial charge on any atom is 0.416 e. The van der Waals surface area contributed by atoms with Crippen molar-refractivity contribution in [1.82, 2.24) is 0 Å². The molecule has 5 nitrogen and oxygen atoms in total. The Morgan fingerprint density at radius 1 is 1.02 bits per heavy atom. The molecule has 3 unspecified atom stereocenters. The maximum atomic E-state index is 13.6. The molecule has 0 spiro atoms. The Balaban J connectivity index is 1.30. The van der Waals surface area contributed by atoms with Gasteiger partial charge in [0.15, 0.2) is 0 Å². The highest BCUT2D eigenvalue weighted by molar-refractivity contribution is 8.00. The summed E-state index contributed by atoms with van der Waals surface area (Å²) in [4.78, 5) is 30.1. The minimum atomic E-state index is -4.56. The van der Waals surface area contributed by atoms with Crippen LogP contribution >= 0.6 is 35.1 Å². The van der Waals surface area contributed by atoms with E-state index in [2.05, 4.69) is 16.7 Å². The molecule has 5 rings (SSSR count). The molecule has 0 saturated heterocycles. The van der Waals surface area contributed by atoms with E-state index in [1.54, 1.807) is 34.9 Å². The minimum absolute atomic E-state index is 0.0131. The van der Waals surface area contributed by atoms with Crippen LogP contribution in [0.4, 0.5) is 35.0 Å². The number of allylic oxidation sites excluding steroid dienone is 2. The normalized spacial score (nSPS) is 18.3. The third-order valence-corrected chi connectivity index (χ3v) is 9.53. The number of urea groups is 1. The zero-order valence-corrected chi connectivity index (χ0v) is 24.1. The molecule has 2 aliphatic rings.